The Labute approximate surface area is 115 Å². The number of hydrogen-bond acceptors (Lipinski definition) is 3. The molecule has 1 saturated heterocycles. The molecule has 1 amide bonds. The third-order valence-electron chi connectivity index (χ3n) is 3.81. The second kappa shape index (κ2) is 6.04. The molecule has 2 atom stereocenters. The number of likely N-dealkylation sites (tertiary alicyclic amines) is 1. The summed E-state index contributed by atoms with van der Waals surface area (Å²) in [6.07, 6.45) is 5.11. The fourth-order valence-corrected chi connectivity index (χ4v) is 2.85. The number of piperidine rings is 1. The highest BCUT2D eigenvalue weighted by atomic mass is 16.2. The van der Waals surface area contributed by atoms with E-state index in [2.05, 4.69) is 24.1 Å². The van der Waals surface area contributed by atoms with E-state index in [9.17, 15) is 4.79 Å². The van der Waals surface area contributed by atoms with E-state index in [-0.39, 0.29) is 5.91 Å². The maximum atomic E-state index is 12.8. The summed E-state index contributed by atoms with van der Waals surface area (Å²) in [6, 6.07) is 4.31. The Bertz CT molecular complexity index is 437. The molecule has 1 fully saturated rings. The van der Waals surface area contributed by atoms with Gasteiger partial charge in [-0.2, -0.15) is 0 Å². The van der Waals surface area contributed by atoms with E-state index < -0.39 is 0 Å². The Morgan fingerprint density at radius 2 is 2.11 bits per heavy atom. The molecule has 1 aliphatic rings. The van der Waals surface area contributed by atoms with Crippen LogP contribution in [0.3, 0.4) is 0 Å². The quantitative estimate of drug-likeness (QED) is 0.910. The predicted molar refractivity (Wildman–Crippen MR) is 77.3 cm³/mol. The zero-order chi connectivity index (χ0) is 13.8. The summed E-state index contributed by atoms with van der Waals surface area (Å²) in [4.78, 5) is 19.1. The van der Waals surface area contributed by atoms with Crippen molar-refractivity contribution in [2.45, 2.75) is 52.1 Å². The molecule has 2 heterocycles. The first-order chi connectivity index (χ1) is 9.15. The lowest BCUT2D eigenvalue weighted by molar-refractivity contribution is 0.0511. The highest BCUT2D eigenvalue weighted by molar-refractivity contribution is 5.99. The molecule has 0 aromatic carbocycles. The van der Waals surface area contributed by atoms with E-state index in [1.165, 1.54) is 6.42 Å². The minimum Gasteiger partial charge on any atom is -0.370 e. The molecule has 0 bridgehead atoms. The van der Waals surface area contributed by atoms with Gasteiger partial charge in [0.2, 0.25) is 0 Å². The second-order valence-electron chi connectivity index (χ2n) is 5.27. The van der Waals surface area contributed by atoms with Gasteiger partial charge in [0.05, 0.1) is 5.56 Å². The number of nitrogens with zero attached hydrogens (tertiary/aromatic N) is 2. The van der Waals surface area contributed by atoms with Gasteiger partial charge in [0, 0.05) is 24.8 Å². The van der Waals surface area contributed by atoms with Crippen molar-refractivity contribution in [3.63, 3.8) is 0 Å². The average molecular weight is 261 g/mol. The van der Waals surface area contributed by atoms with Gasteiger partial charge in [0.15, 0.2) is 0 Å². The molecule has 19 heavy (non-hydrogen) atoms. The zero-order valence-corrected chi connectivity index (χ0v) is 12.0. The third-order valence-corrected chi connectivity index (χ3v) is 3.81. The van der Waals surface area contributed by atoms with Crippen LogP contribution in [0, 0.1) is 0 Å². The Hall–Kier alpha value is -1.58. The lowest BCUT2D eigenvalue weighted by atomic mass is 9.96. The number of amides is 1. The monoisotopic (exact) mass is 261 g/mol. The van der Waals surface area contributed by atoms with Crippen LogP contribution in [0.4, 0.5) is 5.82 Å². The largest absolute Gasteiger partial charge is 0.370 e. The Kier molecular flexibility index (Phi) is 4.40. The van der Waals surface area contributed by atoms with Crippen LogP contribution in [-0.4, -0.2) is 34.4 Å². The van der Waals surface area contributed by atoms with Crippen LogP contribution >= 0.6 is 0 Å². The van der Waals surface area contributed by atoms with Crippen LogP contribution in [0.15, 0.2) is 18.3 Å². The van der Waals surface area contributed by atoms with Gasteiger partial charge in [-0.25, -0.2) is 4.98 Å². The van der Waals surface area contributed by atoms with Gasteiger partial charge in [-0.15, -0.1) is 0 Å². The van der Waals surface area contributed by atoms with Crippen molar-refractivity contribution in [2.75, 3.05) is 11.9 Å². The van der Waals surface area contributed by atoms with Crippen LogP contribution in [0.2, 0.25) is 0 Å². The van der Waals surface area contributed by atoms with Gasteiger partial charge in [-0.05, 0) is 52.2 Å². The molecule has 1 aromatic rings. The molecule has 1 aliphatic heterocycles. The summed E-state index contributed by atoms with van der Waals surface area (Å²) in [7, 11) is 0. The second-order valence-corrected chi connectivity index (χ2v) is 5.27. The lowest BCUT2D eigenvalue weighted by Gasteiger charge is -2.39. The number of nitrogens with one attached hydrogen (secondary N) is 1. The number of carbonyl (C=O) groups is 1. The predicted octanol–water partition coefficient (Wildman–Crippen LogP) is 2.92. The summed E-state index contributed by atoms with van der Waals surface area (Å²) < 4.78 is 0. The lowest BCUT2D eigenvalue weighted by Crippen LogP contribution is -2.47. The van der Waals surface area contributed by atoms with Crippen molar-refractivity contribution in [1.82, 2.24) is 9.88 Å². The molecule has 0 aliphatic carbocycles. The molecule has 1 aromatic heterocycles. The molecule has 2 rings (SSSR count). The van der Waals surface area contributed by atoms with Crippen molar-refractivity contribution < 1.29 is 4.79 Å². The number of aromatic nitrogens is 1. The fourth-order valence-electron chi connectivity index (χ4n) is 2.85. The van der Waals surface area contributed by atoms with Gasteiger partial charge in [0.25, 0.3) is 5.91 Å². The summed E-state index contributed by atoms with van der Waals surface area (Å²) in [6.45, 7) is 7.05. The maximum absolute atomic E-state index is 12.8. The third kappa shape index (κ3) is 2.88. The molecule has 0 radical (unpaired) electrons. The van der Waals surface area contributed by atoms with Crippen LogP contribution in [-0.2, 0) is 0 Å². The summed E-state index contributed by atoms with van der Waals surface area (Å²) in [5, 5.41) is 3.17. The summed E-state index contributed by atoms with van der Waals surface area (Å²) in [5.41, 5.74) is 0.685. The normalized spacial score (nSPS) is 23.2. The Morgan fingerprint density at radius 3 is 2.74 bits per heavy atom. The molecule has 104 valence electrons. The van der Waals surface area contributed by atoms with Crippen molar-refractivity contribution in [2.24, 2.45) is 0 Å². The first kappa shape index (κ1) is 13.8. The molecule has 1 N–H and O–H groups in total. The first-order valence-electron chi connectivity index (χ1n) is 7.16. The maximum Gasteiger partial charge on any atom is 0.258 e. The molecule has 4 heteroatoms. The first-order valence-corrected chi connectivity index (χ1v) is 7.16. The van der Waals surface area contributed by atoms with Crippen molar-refractivity contribution in [1.29, 1.82) is 0 Å². The van der Waals surface area contributed by atoms with Gasteiger partial charge in [-0.1, -0.05) is 0 Å². The minimum absolute atomic E-state index is 0.101. The van der Waals surface area contributed by atoms with Crippen LogP contribution in [0.25, 0.3) is 0 Å². The Balaban J connectivity index is 2.27. The van der Waals surface area contributed by atoms with E-state index in [0.29, 0.717) is 23.5 Å². The van der Waals surface area contributed by atoms with E-state index in [1.54, 1.807) is 6.20 Å². The topological polar surface area (TPSA) is 45.2 Å². The van der Waals surface area contributed by atoms with E-state index in [1.807, 2.05) is 24.0 Å². The van der Waals surface area contributed by atoms with E-state index in [4.69, 9.17) is 0 Å². The zero-order valence-electron chi connectivity index (χ0n) is 12.0. The molecule has 4 nitrogen and oxygen atoms in total. The SMILES string of the molecule is CCNc1ncccc1C(=O)N1C(C)CCCC1C. The summed E-state index contributed by atoms with van der Waals surface area (Å²) in [5.74, 6) is 0.795. The number of rotatable bonds is 3. The van der Waals surface area contributed by atoms with Crippen LogP contribution < -0.4 is 5.32 Å². The molecule has 0 saturated carbocycles. The van der Waals surface area contributed by atoms with Crippen molar-refractivity contribution in [3.8, 4) is 0 Å². The fraction of sp³-hybridized carbons (Fsp3) is 0.600. The van der Waals surface area contributed by atoms with Crippen molar-refractivity contribution >= 4 is 11.7 Å². The molecular weight excluding hydrogens is 238 g/mol. The van der Waals surface area contributed by atoms with E-state index >= 15 is 0 Å². The number of anilines is 1. The highest BCUT2D eigenvalue weighted by Gasteiger charge is 2.30. The molecular formula is C15H23N3O. The van der Waals surface area contributed by atoms with Crippen molar-refractivity contribution in [3.05, 3.63) is 23.9 Å². The Morgan fingerprint density at radius 1 is 1.42 bits per heavy atom. The van der Waals surface area contributed by atoms with Crippen LogP contribution in [0.1, 0.15) is 50.4 Å². The van der Waals surface area contributed by atoms with Gasteiger partial charge >= 0.3 is 0 Å². The van der Waals surface area contributed by atoms with E-state index in [0.717, 1.165) is 19.4 Å². The molecule has 2 unspecified atom stereocenters. The number of pyridine rings is 1. The average Bonchev–Trinajstić information content (AvgIpc) is 2.39. The van der Waals surface area contributed by atoms with Gasteiger partial charge < -0.3 is 10.2 Å². The smallest absolute Gasteiger partial charge is 0.258 e. The number of carbonyl (C=O) groups excluding carboxylic acids is 1. The highest BCUT2D eigenvalue weighted by Crippen LogP contribution is 2.26. The number of hydrogen-bond donors (Lipinski definition) is 1. The van der Waals surface area contributed by atoms with Gasteiger partial charge in [-0.3, -0.25) is 4.79 Å². The molecule has 0 spiro atoms. The van der Waals surface area contributed by atoms with Gasteiger partial charge in [0.1, 0.15) is 5.82 Å². The standard InChI is InChI=1S/C15H23N3O/c1-4-16-14-13(9-6-10-17-14)15(19)18-11(2)7-5-8-12(18)3/h6,9-12H,4-5,7-8H2,1-3H3,(H,16,17). The van der Waals surface area contributed by atoms with Crippen LogP contribution in [0.5, 0.6) is 0 Å². The summed E-state index contributed by atoms with van der Waals surface area (Å²) >= 11 is 0. The minimum atomic E-state index is 0.101.